The molecule has 0 aliphatic carbocycles. The highest BCUT2D eigenvalue weighted by Crippen LogP contribution is 2.29. The normalized spacial score (nSPS) is 12.2. The van der Waals surface area contributed by atoms with Crippen LogP contribution >= 0.6 is 0 Å². The molecule has 1 rings (SSSR count). The molecule has 6 nitrogen and oxygen atoms in total. The standard InChI is InChI=1S/C13H18N2O4/c1-8(2)7-9(3)14-11-6-4-5-10(13(16)17)12(11)15(18)19/h4-6,8-9,14H,7H2,1-3H3,(H,16,17). The van der Waals surface area contributed by atoms with Crippen molar-refractivity contribution in [2.24, 2.45) is 5.92 Å². The minimum atomic E-state index is -1.30. The van der Waals surface area contributed by atoms with Crippen molar-refractivity contribution in [2.75, 3.05) is 5.32 Å². The van der Waals surface area contributed by atoms with Crippen molar-refractivity contribution in [2.45, 2.75) is 33.2 Å². The van der Waals surface area contributed by atoms with Gasteiger partial charge in [-0.05, 0) is 31.4 Å². The Morgan fingerprint density at radius 1 is 1.42 bits per heavy atom. The van der Waals surface area contributed by atoms with Crippen molar-refractivity contribution < 1.29 is 14.8 Å². The van der Waals surface area contributed by atoms with Gasteiger partial charge in [0, 0.05) is 6.04 Å². The smallest absolute Gasteiger partial charge is 0.342 e. The molecule has 0 heterocycles. The lowest BCUT2D eigenvalue weighted by Gasteiger charge is -2.17. The third kappa shape index (κ3) is 3.94. The van der Waals surface area contributed by atoms with Gasteiger partial charge in [0.2, 0.25) is 0 Å². The molecule has 104 valence electrons. The fourth-order valence-electron chi connectivity index (χ4n) is 2.06. The highest BCUT2D eigenvalue weighted by atomic mass is 16.6. The molecule has 1 aromatic carbocycles. The molecule has 0 aliphatic rings. The summed E-state index contributed by atoms with van der Waals surface area (Å²) in [6.07, 6.45) is 0.842. The van der Waals surface area contributed by atoms with E-state index < -0.39 is 10.9 Å². The van der Waals surface area contributed by atoms with E-state index in [-0.39, 0.29) is 23.0 Å². The van der Waals surface area contributed by atoms with Crippen molar-refractivity contribution in [3.63, 3.8) is 0 Å². The summed E-state index contributed by atoms with van der Waals surface area (Å²) in [6, 6.07) is 4.30. The number of rotatable bonds is 6. The maximum absolute atomic E-state index is 11.1. The van der Waals surface area contributed by atoms with Gasteiger partial charge in [0.1, 0.15) is 11.3 Å². The summed E-state index contributed by atoms with van der Waals surface area (Å²) in [5.41, 5.74) is -0.435. The van der Waals surface area contributed by atoms with E-state index in [2.05, 4.69) is 19.2 Å². The minimum Gasteiger partial charge on any atom is -0.477 e. The first kappa shape index (κ1) is 14.9. The molecule has 0 bridgehead atoms. The second kappa shape index (κ2) is 6.17. The Labute approximate surface area is 111 Å². The Bertz CT molecular complexity index is 486. The number of carbonyl (C=O) groups is 1. The van der Waals surface area contributed by atoms with Gasteiger partial charge in [0.15, 0.2) is 0 Å². The van der Waals surface area contributed by atoms with Crippen LogP contribution in [0.15, 0.2) is 18.2 Å². The molecule has 0 spiro atoms. The topological polar surface area (TPSA) is 92.5 Å². The zero-order chi connectivity index (χ0) is 14.6. The van der Waals surface area contributed by atoms with Gasteiger partial charge < -0.3 is 10.4 Å². The molecule has 0 amide bonds. The SMILES string of the molecule is CC(C)CC(C)Nc1cccc(C(=O)O)c1[N+](=O)[O-]. The van der Waals surface area contributed by atoms with Crippen LogP contribution in [0.2, 0.25) is 0 Å². The molecular weight excluding hydrogens is 248 g/mol. The van der Waals surface area contributed by atoms with Gasteiger partial charge in [-0.1, -0.05) is 19.9 Å². The first-order valence-corrected chi connectivity index (χ1v) is 6.10. The summed E-state index contributed by atoms with van der Waals surface area (Å²) in [5.74, 6) is -0.851. The van der Waals surface area contributed by atoms with Crippen LogP contribution in [-0.4, -0.2) is 22.0 Å². The average molecular weight is 266 g/mol. The molecule has 0 saturated heterocycles. The number of nitrogens with zero attached hydrogens (tertiary/aromatic N) is 1. The summed E-state index contributed by atoms with van der Waals surface area (Å²) >= 11 is 0. The second-order valence-electron chi connectivity index (χ2n) is 4.94. The van der Waals surface area contributed by atoms with Crippen LogP contribution in [-0.2, 0) is 0 Å². The quantitative estimate of drug-likeness (QED) is 0.609. The minimum absolute atomic E-state index is 0.0303. The van der Waals surface area contributed by atoms with E-state index in [0.717, 1.165) is 6.42 Å². The van der Waals surface area contributed by atoms with Crippen LogP contribution in [0.1, 0.15) is 37.6 Å². The lowest BCUT2D eigenvalue weighted by Crippen LogP contribution is -2.19. The van der Waals surface area contributed by atoms with Gasteiger partial charge >= 0.3 is 11.7 Å². The summed E-state index contributed by atoms with van der Waals surface area (Å²) in [5, 5.41) is 23.1. The summed E-state index contributed by atoms with van der Waals surface area (Å²) in [4.78, 5) is 21.4. The number of hydrogen-bond acceptors (Lipinski definition) is 4. The fraction of sp³-hybridized carbons (Fsp3) is 0.462. The van der Waals surface area contributed by atoms with Gasteiger partial charge in [-0.15, -0.1) is 0 Å². The van der Waals surface area contributed by atoms with E-state index in [0.29, 0.717) is 5.92 Å². The van der Waals surface area contributed by atoms with E-state index in [1.54, 1.807) is 0 Å². The molecule has 19 heavy (non-hydrogen) atoms. The predicted octanol–water partition coefficient (Wildman–Crippen LogP) is 3.14. The molecule has 1 atom stereocenters. The number of benzene rings is 1. The Morgan fingerprint density at radius 3 is 2.53 bits per heavy atom. The van der Waals surface area contributed by atoms with Crippen molar-refractivity contribution in [3.05, 3.63) is 33.9 Å². The maximum atomic E-state index is 11.1. The third-order valence-corrected chi connectivity index (χ3v) is 2.68. The van der Waals surface area contributed by atoms with Gasteiger partial charge in [-0.3, -0.25) is 10.1 Å². The number of carboxylic acids is 1. The van der Waals surface area contributed by atoms with Gasteiger partial charge in [0.05, 0.1) is 4.92 Å². The molecule has 2 N–H and O–H groups in total. The fourth-order valence-corrected chi connectivity index (χ4v) is 2.06. The van der Waals surface area contributed by atoms with Crippen molar-refractivity contribution >= 4 is 17.3 Å². The van der Waals surface area contributed by atoms with Crippen LogP contribution in [0.25, 0.3) is 0 Å². The van der Waals surface area contributed by atoms with Crippen molar-refractivity contribution in [3.8, 4) is 0 Å². The highest BCUT2D eigenvalue weighted by molar-refractivity contribution is 5.95. The van der Waals surface area contributed by atoms with E-state index in [4.69, 9.17) is 5.11 Å². The highest BCUT2D eigenvalue weighted by Gasteiger charge is 2.24. The number of hydrogen-bond donors (Lipinski definition) is 2. The van der Waals surface area contributed by atoms with Crippen molar-refractivity contribution in [1.82, 2.24) is 0 Å². The summed E-state index contributed by atoms with van der Waals surface area (Å²) in [7, 11) is 0. The molecule has 0 saturated carbocycles. The lowest BCUT2D eigenvalue weighted by atomic mass is 10.0. The monoisotopic (exact) mass is 266 g/mol. The Balaban J connectivity index is 3.10. The molecule has 1 unspecified atom stereocenters. The van der Waals surface area contributed by atoms with E-state index in [9.17, 15) is 14.9 Å². The van der Waals surface area contributed by atoms with Crippen LogP contribution < -0.4 is 5.32 Å². The van der Waals surface area contributed by atoms with Crippen LogP contribution in [0.4, 0.5) is 11.4 Å². The van der Waals surface area contributed by atoms with E-state index in [1.165, 1.54) is 18.2 Å². The number of nitrogens with one attached hydrogen (secondary N) is 1. The number of carboxylic acid groups (broad SMARTS) is 1. The average Bonchev–Trinajstić information content (AvgIpc) is 2.26. The van der Waals surface area contributed by atoms with Crippen LogP contribution in [0.5, 0.6) is 0 Å². The number of nitro groups is 1. The Hall–Kier alpha value is -2.11. The Morgan fingerprint density at radius 2 is 2.05 bits per heavy atom. The second-order valence-corrected chi connectivity index (χ2v) is 4.94. The van der Waals surface area contributed by atoms with Crippen molar-refractivity contribution in [1.29, 1.82) is 0 Å². The molecule has 0 radical (unpaired) electrons. The Kier molecular flexibility index (Phi) is 4.86. The molecular formula is C13H18N2O4. The largest absolute Gasteiger partial charge is 0.477 e. The third-order valence-electron chi connectivity index (χ3n) is 2.68. The first-order valence-electron chi connectivity index (χ1n) is 6.10. The van der Waals surface area contributed by atoms with Gasteiger partial charge in [-0.25, -0.2) is 4.79 Å². The van der Waals surface area contributed by atoms with Gasteiger partial charge in [0.25, 0.3) is 0 Å². The summed E-state index contributed by atoms with van der Waals surface area (Å²) in [6.45, 7) is 6.03. The zero-order valence-corrected chi connectivity index (χ0v) is 11.2. The van der Waals surface area contributed by atoms with Crippen LogP contribution in [0, 0.1) is 16.0 Å². The van der Waals surface area contributed by atoms with E-state index in [1.807, 2.05) is 6.92 Å². The van der Waals surface area contributed by atoms with Gasteiger partial charge in [-0.2, -0.15) is 0 Å². The maximum Gasteiger partial charge on any atom is 0.342 e. The predicted molar refractivity (Wildman–Crippen MR) is 72.6 cm³/mol. The summed E-state index contributed by atoms with van der Waals surface area (Å²) < 4.78 is 0. The lowest BCUT2D eigenvalue weighted by molar-refractivity contribution is -0.384. The first-order chi connectivity index (χ1) is 8.82. The van der Waals surface area contributed by atoms with E-state index >= 15 is 0 Å². The number of para-hydroxylation sites is 1. The molecule has 1 aromatic rings. The molecule has 0 aliphatic heterocycles. The number of anilines is 1. The van der Waals surface area contributed by atoms with Crippen LogP contribution in [0.3, 0.4) is 0 Å². The zero-order valence-electron chi connectivity index (χ0n) is 11.2. The number of nitro benzene ring substituents is 1. The number of aromatic carboxylic acids is 1. The molecule has 6 heteroatoms. The molecule has 0 aromatic heterocycles. The molecule has 0 fully saturated rings.